The molecule has 0 aromatic heterocycles. The van der Waals surface area contributed by atoms with Gasteiger partial charge in [-0.05, 0) is 40.5 Å². The fourth-order valence-corrected chi connectivity index (χ4v) is 2.16. The number of piperidine rings is 1. The van der Waals surface area contributed by atoms with Crippen molar-refractivity contribution in [1.29, 1.82) is 0 Å². The van der Waals surface area contributed by atoms with E-state index >= 15 is 0 Å². The first-order valence-corrected chi connectivity index (χ1v) is 6.73. The second kappa shape index (κ2) is 6.24. The van der Waals surface area contributed by atoms with Gasteiger partial charge in [0.2, 0.25) is 5.91 Å². The topological polar surface area (TPSA) is 90.0 Å². The van der Waals surface area contributed by atoms with Gasteiger partial charge in [-0.3, -0.25) is 9.59 Å². The second-order valence-electron chi connectivity index (χ2n) is 5.97. The molecule has 2 amide bonds. The fraction of sp³-hybridized carbons (Fsp3) is 0.714. The van der Waals surface area contributed by atoms with Gasteiger partial charge in [0.15, 0.2) is 0 Å². The Hall–Kier alpha value is -1.92. The molecule has 2 unspecified atom stereocenters. The lowest BCUT2D eigenvalue weighted by Gasteiger charge is -2.36. The SMILES string of the molecule is COC(=O)C1CCC(C(C)=O)C(=O)N1C(=O)OC(C)(C)C. The molecule has 2 atom stereocenters. The third kappa shape index (κ3) is 4.03. The van der Waals surface area contributed by atoms with Gasteiger partial charge in [0.25, 0.3) is 0 Å². The minimum Gasteiger partial charge on any atom is -0.467 e. The molecule has 0 spiro atoms. The summed E-state index contributed by atoms with van der Waals surface area (Å²) < 4.78 is 9.77. The maximum Gasteiger partial charge on any atom is 0.417 e. The number of Topliss-reactive ketones (excluding diaryl/α,β-unsaturated/α-hetero) is 1. The van der Waals surface area contributed by atoms with Gasteiger partial charge in [-0.1, -0.05) is 0 Å². The Morgan fingerprint density at radius 3 is 2.19 bits per heavy atom. The van der Waals surface area contributed by atoms with Crippen LogP contribution in [-0.4, -0.2) is 47.4 Å². The number of carbonyl (C=O) groups is 4. The van der Waals surface area contributed by atoms with Crippen molar-refractivity contribution in [2.45, 2.75) is 52.2 Å². The average molecular weight is 299 g/mol. The van der Waals surface area contributed by atoms with Crippen molar-refractivity contribution in [3.8, 4) is 0 Å². The van der Waals surface area contributed by atoms with Crippen LogP contribution in [0.2, 0.25) is 0 Å². The molecule has 118 valence electrons. The quantitative estimate of drug-likeness (QED) is 0.564. The Morgan fingerprint density at radius 1 is 1.19 bits per heavy atom. The van der Waals surface area contributed by atoms with Gasteiger partial charge in [-0.2, -0.15) is 0 Å². The molecule has 1 heterocycles. The minimum absolute atomic E-state index is 0.182. The first-order chi connectivity index (χ1) is 9.58. The number of amides is 2. The number of imide groups is 1. The van der Waals surface area contributed by atoms with Crippen LogP contribution in [0.4, 0.5) is 4.79 Å². The largest absolute Gasteiger partial charge is 0.467 e. The molecule has 7 heteroatoms. The first-order valence-electron chi connectivity index (χ1n) is 6.73. The Morgan fingerprint density at radius 2 is 1.76 bits per heavy atom. The fourth-order valence-electron chi connectivity index (χ4n) is 2.16. The van der Waals surface area contributed by atoms with E-state index in [-0.39, 0.29) is 18.6 Å². The van der Waals surface area contributed by atoms with Crippen LogP contribution in [-0.2, 0) is 23.9 Å². The molecule has 1 aliphatic rings. The van der Waals surface area contributed by atoms with E-state index in [1.807, 2.05) is 0 Å². The summed E-state index contributed by atoms with van der Waals surface area (Å²) in [6, 6.07) is -1.05. The van der Waals surface area contributed by atoms with Crippen LogP contribution in [0.3, 0.4) is 0 Å². The van der Waals surface area contributed by atoms with E-state index in [4.69, 9.17) is 4.74 Å². The van der Waals surface area contributed by atoms with Crippen LogP contribution < -0.4 is 0 Å². The van der Waals surface area contributed by atoms with E-state index in [1.54, 1.807) is 20.8 Å². The maximum atomic E-state index is 12.3. The Labute approximate surface area is 123 Å². The van der Waals surface area contributed by atoms with Crippen LogP contribution in [0.5, 0.6) is 0 Å². The minimum atomic E-state index is -1.05. The smallest absolute Gasteiger partial charge is 0.417 e. The zero-order valence-corrected chi connectivity index (χ0v) is 13.0. The summed E-state index contributed by atoms with van der Waals surface area (Å²) in [5.74, 6) is -2.66. The molecule has 0 aromatic carbocycles. The summed E-state index contributed by atoms with van der Waals surface area (Å²) in [4.78, 5) is 48.5. The highest BCUT2D eigenvalue weighted by atomic mass is 16.6. The predicted molar refractivity (Wildman–Crippen MR) is 72.3 cm³/mol. The van der Waals surface area contributed by atoms with Crippen molar-refractivity contribution < 1.29 is 28.7 Å². The number of rotatable bonds is 2. The number of carbonyl (C=O) groups excluding carboxylic acids is 4. The summed E-state index contributed by atoms with van der Waals surface area (Å²) in [7, 11) is 1.18. The van der Waals surface area contributed by atoms with Gasteiger partial charge in [0.05, 0.1) is 13.0 Å². The summed E-state index contributed by atoms with van der Waals surface area (Å²) in [5, 5.41) is 0. The van der Waals surface area contributed by atoms with Crippen molar-refractivity contribution >= 4 is 23.8 Å². The molecule has 1 saturated heterocycles. The van der Waals surface area contributed by atoms with E-state index in [0.29, 0.717) is 4.90 Å². The van der Waals surface area contributed by atoms with Gasteiger partial charge in [-0.25, -0.2) is 14.5 Å². The lowest BCUT2D eigenvalue weighted by Crippen LogP contribution is -2.56. The molecule has 0 saturated carbocycles. The molecule has 0 aromatic rings. The molecule has 0 radical (unpaired) electrons. The summed E-state index contributed by atoms with van der Waals surface area (Å²) in [6.07, 6.45) is -0.538. The van der Waals surface area contributed by atoms with Crippen molar-refractivity contribution in [3.63, 3.8) is 0 Å². The van der Waals surface area contributed by atoms with Crippen molar-refractivity contribution in [3.05, 3.63) is 0 Å². The number of ether oxygens (including phenoxy) is 2. The molecular formula is C14H21NO6. The highest BCUT2D eigenvalue weighted by Crippen LogP contribution is 2.27. The normalized spacial score (nSPS) is 22.7. The number of nitrogens with zero attached hydrogens (tertiary/aromatic N) is 1. The number of hydrogen-bond donors (Lipinski definition) is 0. The van der Waals surface area contributed by atoms with Crippen molar-refractivity contribution in [1.82, 2.24) is 4.90 Å². The Balaban J connectivity index is 3.08. The number of methoxy groups -OCH3 is 1. The van der Waals surface area contributed by atoms with Crippen molar-refractivity contribution in [2.24, 2.45) is 5.92 Å². The van der Waals surface area contributed by atoms with E-state index in [9.17, 15) is 19.2 Å². The van der Waals surface area contributed by atoms with Gasteiger partial charge in [0, 0.05) is 0 Å². The lowest BCUT2D eigenvalue weighted by molar-refractivity contribution is -0.158. The number of likely N-dealkylation sites (tertiary alicyclic amines) is 1. The zero-order valence-electron chi connectivity index (χ0n) is 13.0. The Bertz CT molecular complexity index is 465. The molecule has 1 aliphatic heterocycles. The summed E-state index contributed by atoms with van der Waals surface area (Å²) in [6.45, 7) is 6.23. The third-order valence-corrected chi connectivity index (χ3v) is 3.13. The van der Waals surface area contributed by atoms with Gasteiger partial charge >= 0.3 is 12.1 Å². The third-order valence-electron chi connectivity index (χ3n) is 3.13. The van der Waals surface area contributed by atoms with Gasteiger partial charge in [-0.15, -0.1) is 0 Å². The van der Waals surface area contributed by atoms with Crippen LogP contribution in [0.15, 0.2) is 0 Å². The maximum absolute atomic E-state index is 12.3. The Kier molecular flexibility index (Phi) is 5.09. The first kappa shape index (κ1) is 17.1. The van der Waals surface area contributed by atoms with E-state index in [0.717, 1.165) is 0 Å². The molecule has 0 aliphatic carbocycles. The summed E-state index contributed by atoms with van der Waals surface area (Å²) in [5.41, 5.74) is -0.818. The van der Waals surface area contributed by atoms with E-state index in [2.05, 4.69) is 4.74 Å². The molecule has 1 rings (SSSR count). The lowest BCUT2D eigenvalue weighted by atomic mass is 9.89. The number of esters is 1. The van der Waals surface area contributed by atoms with E-state index < -0.39 is 35.5 Å². The predicted octanol–water partition coefficient (Wildman–Crippen LogP) is 1.29. The van der Waals surface area contributed by atoms with Crippen LogP contribution in [0.1, 0.15) is 40.5 Å². The standard InChI is InChI=1S/C14H21NO6/c1-8(16)9-6-7-10(12(18)20-5)15(11(9)17)13(19)21-14(2,3)4/h9-10H,6-7H2,1-5H3. The second-order valence-corrected chi connectivity index (χ2v) is 5.97. The molecule has 1 fully saturated rings. The van der Waals surface area contributed by atoms with Gasteiger partial charge in [0.1, 0.15) is 17.4 Å². The van der Waals surface area contributed by atoms with E-state index in [1.165, 1.54) is 14.0 Å². The summed E-state index contributed by atoms with van der Waals surface area (Å²) >= 11 is 0. The van der Waals surface area contributed by atoms with Crippen LogP contribution in [0.25, 0.3) is 0 Å². The highest BCUT2D eigenvalue weighted by Gasteiger charge is 2.46. The molecule has 0 bridgehead atoms. The molecule has 21 heavy (non-hydrogen) atoms. The molecule has 0 N–H and O–H groups in total. The number of ketones is 1. The zero-order chi connectivity index (χ0) is 16.4. The monoisotopic (exact) mass is 299 g/mol. The van der Waals surface area contributed by atoms with Gasteiger partial charge < -0.3 is 9.47 Å². The molecule has 7 nitrogen and oxygen atoms in total. The highest BCUT2D eigenvalue weighted by molar-refractivity contribution is 6.08. The van der Waals surface area contributed by atoms with Crippen LogP contribution in [0, 0.1) is 5.92 Å². The molecular weight excluding hydrogens is 278 g/mol. The average Bonchev–Trinajstić information content (AvgIpc) is 2.34. The van der Waals surface area contributed by atoms with Crippen molar-refractivity contribution in [2.75, 3.05) is 7.11 Å². The van der Waals surface area contributed by atoms with Crippen LogP contribution >= 0.6 is 0 Å². The number of hydrogen-bond acceptors (Lipinski definition) is 6.